The Kier molecular flexibility index (Phi) is 4.15. The topological polar surface area (TPSA) is 57.8 Å². The SMILES string of the molecule is CCCNCc1cc(=O)[nH]c(C2CCc3ccccc32)n1. The second kappa shape index (κ2) is 6.22. The molecule has 1 aliphatic rings. The zero-order valence-electron chi connectivity index (χ0n) is 12.4. The monoisotopic (exact) mass is 283 g/mol. The fraction of sp³-hybridized carbons (Fsp3) is 0.412. The number of aryl methyl sites for hydroxylation is 1. The van der Waals surface area contributed by atoms with Gasteiger partial charge in [-0.25, -0.2) is 4.98 Å². The molecule has 0 fully saturated rings. The van der Waals surface area contributed by atoms with Gasteiger partial charge in [0, 0.05) is 18.5 Å². The molecule has 21 heavy (non-hydrogen) atoms. The van der Waals surface area contributed by atoms with Crippen LogP contribution in [0.5, 0.6) is 0 Å². The van der Waals surface area contributed by atoms with Crippen LogP contribution in [0.15, 0.2) is 35.1 Å². The number of hydrogen-bond acceptors (Lipinski definition) is 3. The molecule has 0 saturated heterocycles. The molecule has 0 spiro atoms. The molecule has 1 aliphatic carbocycles. The molecule has 4 nitrogen and oxygen atoms in total. The van der Waals surface area contributed by atoms with Crippen molar-refractivity contribution < 1.29 is 0 Å². The van der Waals surface area contributed by atoms with Gasteiger partial charge in [0.15, 0.2) is 0 Å². The van der Waals surface area contributed by atoms with Gasteiger partial charge in [0.1, 0.15) is 5.82 Å². The molecule has 1 heterocycles. The highest BCUT2D eigenvalue weighted by molar-refractivity contribution is 5.38. The van der Waals surface area contributed by atoms with Crippen molar-refractivity contribution in [1.82, 2.24) is 15.3 Å². The number of nitrogens with zero attached hydrogens (tertiary/aromatic N) is 1. The lowest BCUT2D eigenvalue weighted by Gasteiger charge is -2.12. The number of aromatic nitrogens is 2. The predicted octanol–water partition coefficient (Wildman–Crippen LogP) is 2.35. The fourth-order valence-electron chi connectivity index (χ4n) is 3.02. The van der Waals surface area contributed by atoms with E-state index in [1.165, 1.54) is 11.1 Å². The number of benzene rings is 1. The summed E-state index contributed by atoms with van der Waals surface area (Å²) in [6.07, 6.45) is 3.16. The Morgan fingerprint density at radius 3 is 3.10 bits per heavy atom. The molecule has 0 bridgehead atoms. The summed E-state index contributed by atoms with van der Waals surface area (Å²) in [5, 5.41) is 3.30. The maximum atomic E-state index is 11.9. The van der Waals surface area contributed by atoms with E-state index in [9.17, 15) is 4.79 Å². The van der Waals surface area contributed by atoms with Crippen LogP contribution in [-0.4, -0.2) is 16.5 Å². The van der Waals surface area contributed by atoms with Crippen molar-refractivity contribution in [2.45, 2.75) is 38.6 Å². The second-order valence-corrected chi connectivity index (χ2v) is 5.59. The predicted molar refractivity (Wildman–Crippen MR) is 83.5 cm³/mol. The number of H-pyrrole nitrogens is 1. The second-order valence-electron chi connectivity index (χ2n) is 5.59. The Balaban J connectivity index is 1.87. The molecule has 110 valence electrons. The highest BCUT2D eigenvalue weighted by atomic mass is 16.1. The summed E-state index contributed by atoms with van der Waals surface area (Å²) in [7, 11) is 0. The third kappa shape index (κ3) is 3.05. The van der Waals surface area contributed by atoms with Gasteiger partial charge in [0.2, 0.25) is 0 Å². The van der Waals surface area contributed by atoms with Crippen molar-refractivity contribution in [3.8, 4) is 0 Å². The molecule has 3 rings (SSSR count). The van der Waals surface area contributed by atoms with E-state index in [1.807, 2.05) is 0 Å². The van der Waals surface area contributed by atoms with Gasteiger partial charge >= 0.3 is 0 Å². The number of rotatable bonds is 5. The Morgan fingerprint density at radius 1 is 1.38 bits per heavy atom. The van der Waals surface area contributed by atoms with Crippen molar-refractivity contribution in [3.63, 3.8) is 0 Å². The molecule has 1 aromatic heterocycles. The van der Waals surface area contributed by atoms with Crippen LogP contribution in [0.2, 0.25) is 0 Å². The highest BCUT2D eigenvalue weighted by Gasteiger charge is 2.25. The largest absolute Gasteiger partial charge is 0.311 e. The Hall–Kier alpha value is -1.94. The van der Waals surface area contributed by atoms with Crippen LogP contribution in [0.25, 0.3) is 0 Å². The van der Waals surface area contributed by atoms with E-state index in [1.54, 1.807) is 6.07 Å². The molecule has 0 aliphatic heterocycles. The van der Waals surface area contributed by atoms with E-state index in [-0.39, 0.29) is 11.5 Å². The Bertz CT molecular complexity index is 678. The van der Waals surface area contributed by atoms with Gasteiger partial charge in [-0.15, -0.1) is 0 Å². The average molecular weight is 283 g/mol. The quantitative estimate of drug-likeness (QED) is 0.828. The van der Waals surface area contributed by atoms with Gasteiger partial charge in [0.25, 0.3) is 5.56 Å². The third-order valence-electron chi connectivity index (χ3n) is 4.01. The van der Waals surface area contributed by atoms with E-state index in [0.717, 1.165) is 37.3 Å². The number of fused-ring (bicyclic) bond motifs is 1. The first-order chi connectivity index (χ1) is 10.3. The minimum Gasteiger partial charge on any atom is -0.311 e. The Morgan fingerprint density at radius 2 is 2.24 bits per heavy atom. The number of hydrogen-bond donors (Lipinski definition) is 2. The van der Waals surface area contributed by atoms with Gasteiger partial charge in [0.05, 0.1) is 5.69 Å². The lowest BCUT2D eigenvalue weighted by molar-refractivity contribution is 0.647. The maximum absolute atomic E-state index is 11.9. The first kappa shape index (κ1) is 14.0. The van der Waals surface area contributed by atoms with Crippen LogP contribution in [0, 0.1) is 0 Å². The number of nitrogens with one attached hydrogen (secondary N) is 2. The fourth-order valence-corrected chi connectivity index (χ4v) is 3.02. The smallest absolute Gasteiger partial charge is 0.251 e. The van der Waals surface area contributed by atoms with Crippen LogP contribution in [0.4, 0.5) is 0 Å². The van der Waals surface area contributed by atoms with Crippen molar-refractivity contribution in [2.24, 2.45) is 0 Å². The molecule has 1 unspecified atom stereocenters. The van der Waals surface area contributed by atoms with E-state index < -0.39 is 0 Å². The summed E-state index contributed by atoms with van der Waals surface area (Å²) in [5.41, 5.74) is 3.45. The summed E-state index contributed by atoms with van der Waals surface area (Å²) in [6.45, 7) is 3.72. The van der Waals surface area contributed by atoms with Crippen LogP contribution in [0.1, 0.15) is 48.3 Å². The molecule has 0 amide bonds. The van der Waals surface area contributed by atoms with Gasteiger partial charge in [-0.3, -0.25) is 4.79 Å². The van der Waals surface area contributed by atoms with Crippen LogP contribution >= 0.6 is 0 Å². The summed E-state index contributed by atoms with van der Waals surface area (Å²) < 4.78 is 0. The molecule has 1 aromatic carbocycles. The minimum atomic E-state index is -0.0577. The molecule has 0 saturated carbocycles. The van der Waals surface area contributed by atoms with Crippen molar-refractivity contribution in [2.75, 3.05) is 6.54 Å². The van der Waals surface area contributed by atoms with Crippen molar-refractivity contribution >= 4 is 0 Å². The summed E-state index contributed by atoms with van der Waals surface area (Å²) >= 11 is 0. The van der Waals surface area contributed by atoms with Gasteiger partial charge in [-0.1, -0.05) is 31.2 Å². The van der Waals surface area contributed by atoms with Crippen LogP contribution in [-0.2, 0) is 13.0 Å². The standard InChI is InChI=1S/C17H21N3O/c1-2-9-18-11-13-10-16(21)20-17(19-13)15-8-7-12-5-3-4-6-14(12)15/h3-6,10,15,18H,2,7-9,11H2,1H3,(H,19,20,21). The number of aromatic amines is 1. The summed E-state index contributed by atoms with van der Waals surface area (Å²) in [6, 6.07) is 10.0. The van der Waals surface area contributed by atoms with Crippen LogP contribution < -0.4 is 10.9 Å². The highest BCUT2D eigenvalue weighted by Crippen LogP contribution is 2.35. The first-order valence-electron chi connectivity index (χ1n) is 7.66. The van der Waals surface area contributed by atoms with E-state index >= 15 is 0 Å². The zero-order chi connectivity index (χ0) is 14.7. The molecule has 0 radical (unpaired) electrons. The van der Waals surface area contributed by atoms with E-state index in [0.29, 0.717) is 6.54 Å². The molecular formula is C17H21N3O. The Labute approximate surface area is 124 Å². The molecule has 4 heteroatoms. The summed E-state index contributed by atoms with van der Waals surface area (Å²) in [4.78, 5) is 19.5. The average Bonchev–Trinajstić information content (AvgIpc) is 2.91. The zero-order valence-corrected chi connectivity index (χ0v) is 12.4. The first-order valence-corrected chi connectivity index (χ1v) is 7.66. The van der Waals surface area contributed by atoms with Crippen molar-refractivity contribution in [3.05, 3.63) is 63.3 Å². The molecule has 2 aromatic rings. The third-order valence-corrected chi connectivity index (χ3v) is 4.01. The van der Waals surface area contributed by atoms with Gasteiger partial charge in [-0.2, -0.15) is 0 Å². The van der Waals surface area contributed by atoms with Gasteiger partial charge < -0.3 is 10.3 Å². The van der Waals surface area contributed by atoms with Crippen LogP contribution in [0.3, 0.4) is 0 Å². The maximum Gasteiger partial charge on any atom is 0.251 e. The molecule has 2 N–H and O–H groups in total. The van der Waals surface area contributed by atoms with E-state index in [4.69, 9.17) is 0 Å². The van der Waals surface area contributed by atoms with Crippen molar-refractivity contribution in [1.29, 1.82) is 0 Å². The summed E-state index contributed by atoms with van der Waals surface area (Å²) in [5.74, 6) is 1.03. The lowest BCUT2D eigenvalue weighted by Crippen LogP contribution is -2.20. The van der Waals surface area contributed by atoms with Gasteiger partial charge in [-0.05, 0) is 36.9 Å². The minimum absolute atomic E-state index is 0.0577. The molecule has 1 atom stereocenters. The lowest BCUT2D eigenvalue weighted by atomic mass is 10.0. The van der Waals surface area contributed by atoms with E-state index in [2.05, 4.69) is 46.5 Å². The normalized spacial score (nSPS) is 16.9. The molecular weight excluding hydrogens is 262 g/mol.